The van der Waals surface area contributed by atoms with Gasteiger partial charge in [-0.15, -0.1) is 0 Å². The third kappa shape index (κ3) is 3.92. The fraction of sp³-hybridized carbons (Fsp3) is 0.125. The van der Waals surface area contributed by atoms with Gasteiger partial charge in [0.05, 0.1) is 60.2 Å². The van der Waals surface area contributed by atoms with Crippen LogP contribution in [0.15, 0.2) is 71.2 Å². The Hall–Kier alpha value is -5.09. The van der Waals surface area contributed by atoms with Crippen LogP contribution in [-0.2, 0) is 19.1 Å². The van der Waals surface area contributed by atoms with Gasteiger partial charge in [-0.25, -0.2) is 14.4 Å². The van der Waals surface area contributed by atoms with E-state index in [0.717, 1.165) is 25.2 Å². The summed E-state index contributed by atoms with van der Waals surface area (Å²) in [5.41, 5.74) is 5.51. The lowest BCUT2D eigenvalue weighted by molar-refractivity contribution is -0.139. The molecule has 0 spiro atoms. The number of carboxylic acids is 1. The number of nitrogens with two attached hydrogens (primary N) is 1. The Morgan fingerprint density at radius 1 is 1.00 bits per heavy atom. The molecule has 0 fully saturated rings. The molecule has 34 heavy (non-hydrogen) atoms. The van der Waals surface area contributed by atoms with Gasteiger partial charge >= 0.3 is 17.9 Å². The minimum Gasteiger partial charge on any atom is -0.478 e. The van der Waals surface area contributed by atoms with Gasteiger partial charge in [-0.2, -0.15) is 10.5 Å². The van der Waals surface area contributed by atoms with Crippen LogP contribution in [0.5, 0.6) is 0 Å². The van der Waals surface area contributed by atoms with Gasteiger partial charge in [-0.05, 0) is 23.8 Å². The maximum Gasteiger partial charge on any atom is 0.355 e. The molecule has 0 amide bonds. The lowest BCUT2D eigenvalue weighted by Crippen LogP contribution is -2.41. The van der Waals surface area contributed by atoms with E-state index in [2.05, 4.69) is 0 Å². The summed E-state index contributed by atoms with van der Waals surface area (Å²) in [4.78, 5) is 39.0. The third-order valence-electron chi connectivity index (χ3n) is 5.21. The molecule has 1 heterocycles. The maximum absolute atomic E-state index is 13.0. The highest BCUT2D eigenvalue weighted by atomic mass is 16.5. The minimum atomic E-state index is -1.39. The number of hydrogen-bond donors (Lipinski definition) is 2. The van der Waals surface area contributed by atoms with Crippen LogP contribution in [0.3, 0.4) is 0 Å². The zero-order chi connectivity index (χ0) is 25.0. The quantitative estimate of drug-likeness (QED) is 0.634. The molecule has 0 aromatic heterocycles. The van der Waals surface area contributed by atoms with Gasteiger partial charge in [0, 0.05) is 0 Å². The second-order valence-electron chi connectivity index (χ2n) is 6.98. The van der Waals surface area contributed by atoms with Crippen molar-refractivity contribution in [1.29, 1.82) is 10.5 Å². The Labute approximate surface area is 194 Å². The van der Waals surface area contributed by atoms with E-state index >= 15 is 0 Å². The number of aromatic carboxylic acids is 1. The Morgan fingerprint density at radius 3 is 2.18 bits per heavy atom. The number of nitriles is 2. The molecule has 3 N–H and O–H groups in total. The number of hydrogen-bond acceptors (Lipinski definition) is 9. The normalized spacial score (nSPS) is 15.3. The van der Waals surface area contributed by atoms with Crippen molar-refractivity contribution >= 4 is 23.6 Å². The van der Waals surface area contributed by atoms with Crippen LogP contribution in [0.25, 0.3) is 0 Å². The van der Waals surface area contributed by atoms with E-state index in [0.29, 0.717) is 5.56 Å². The topological polar surface area (TPSA) is 167 Å². The molecule has 1 aliphatic rings. The average Bonchev–Trinajstić information content (AvgIpc) is 2.86. The number of ether oxygens (including phenoxy) is 2. The largest absolute Gasteiger partial charge is 0.478 e. The van der Waals surface area contributed by atoms with Gasteiger partial charge in [0.25, 0.3) is 0 Å². The highest BCUT2D eigenvalue weighted by Crippen LogP contribution is 2.44. The first-order valence-corrected chi connectivity index (χ1v) is 9.73. The molecule has 0 aliphatic carbocycles. The van der Waals surface area contributed by atoms with E-state index in [1.165, 1.54) is 12.1 Å². The molecule has 0 radical (unpaired) electrons. The Balaban J connectivity index is 2.51. The zero-order valence-electron chi connectivity index (χ0n) is 18.1. The van der Waals surface area contributed by atoms with Crippen molar-refractivity contribution in [1.82, 2.24) is 0 Å². The van der Waals surface area contributed by atoms with Crippen LogP contribution in [-0.4, -0.2) is 37.2 Å². The maximum atomic E-state index is 13.0. The van der Waals surface area contributed by atoms with E-state index in [4.69, 9.17) is 15.2 Å². The van der Waals surface area contributed by atoms with Crippen LogP contribution in [0.2, 0.25) is 0 Å². The Morgan fingerprint density at radius 2 is 1.65 bits per heavy atom. The third-order valence-corrected chi connectivity index (χ3v) is 5.21. The van der Waals surface area contributed by atoms with E-state index in [9.17, 15) is 30.0 Å². The molecule has 0 saturated heterocycles. The molecule has 2 aromatic rings. The summed E-state index contributed by atoms with van der Waals surface area (Å²) in [6, 6.07) is 15.8. The molecule has 0 bridgehead atoms. The SMILES string of the molecule is COC(=O)C1=C(C(=O)OC)N(c2cc(C#N)ccc2C(=O)O)C(N)=C(C#N)C1c1ccccc1. The molecule has 2 aromatic carbocycles. The molecule has 3 rings (SSSR count). The summed E-state index contributed by atoms with van der Waals surface area (Å²) in [5, 5.41) is 29.1. The van der Waals surface area contributed by atoms with Gasteiger partial charge in [0.1, 0.15) is 11.5 Å². The first-order valence-electron chi connectivity index (χ1n) is 9.73. The van der Waals surface area contributed by atoms with Crippen molar-refractivity contribution in [2.75, 3.05) is 19.1 Å². The molecule has 0 saturated carbocycles. The van der Waals surface area contributed by atoms with Gasteiger partial charge in [-0.1, -0.05) is 30.3 Å². The number of anilines is 1. The summed E-state index contributed by atoms with van der Waals surface area (Å²) in [6.07, 6.45) is 0. The van der Waals surface area contributed by atoms with E-state index < -0.39 is 29.5 Å². The number of rotatable bonds is 5. The highest BCUT2D eigenvalue weighted by Gasteiger charge is 2.43. The second kappa shape index (κ2) is 9.59. The molecular weight excluding hydrogens is 440 g/mol. The average molecular weight is 458 g/mol. The number of esters is 2. The number of benzene rings is 2. The van der Waals surface area contributed by atoms with Crippen LogP contribution in [0.1, 0.15) is 27.4 Å². The lowest BCUT2D eigenvalue weighted by Gasteiger charge is -2.36. The smallest absolute Gasteiger partial charge is 0.355 e. The van der Waals surface area contributed by atoms with Crippen molar-refractivity contribution in [3.8, 4) is 12.1 Å². The zero-order valence-corrected chi connectivity index (χ0v) is 18.1. The van der Waals surface area contributed by atoms with Gasteiger partial charge in [0.2, 0.25) is 0 Å². The minimum absolute atomic E-state index is 0.0559. The molecule has 1 aliphatic heterocycles. The lowest BCUT2D eigenvalue weighted by atomic mass is 9.80. The van der Waals surface area contributed by atoms with E-state index in [-0.39, 0.29) is 33.8 Å². The summed E-state index contributed by atoms with van der Waals surface area (Å²) in [5.74, 6) is -4.77. The van der Waals surface area contributed by atoms with Crippen molar-refractivity contribution in [3.63, 3.8) is 0 Å². The van der Waals surface area contributed by atoms with Crippen LogP contribution in [0, 0.1) is 22.7 Å². The monoisotopic (exact) mass is 458 g/mol. The van der Waals surface area contributed by atoms with Crippen LogP contribution >= 0.6 is 0 Å². The fourth-order valence-corrected chi connectivity index (χ4v) is 3.73. The number of carbonyl (C=O) groups is 3. The first kappa shape index (κ1) is 23.6. The standard InChI is InChI=1S/C24H18N4O6/c1-33-23(31)19-18(14-6-4-3-5-7-14)16(12-26)21(27)28(20(19)24(32)34-2)17-10-13(11-25)8-9-15(17)22(29)30/h3-10,18H,27H2,1-2H3,(H,29,30). The van der Waals surface area contributed by atoms with Crippen molar-refractivity contribution in [3.05, 3.63) is 87.9 Å². The molecule has 10 nitrogen and oxygen atoms in total. The van der Waals surface area contributed by atoms with E-state index in [1.54, 1.807) is 30.3 Å². The first-order chi connectivity index (χ1) is 16.3. The number of methoxy groups -OCH3 is 2. The number of nitrogens with zero attached hydrogens (tertiary/aromatic N) is 3. The summed E-state index contributed by atoms with van der Waals surface area (Å²) in [7, 11) is 2.17. The highest BCUT2D eigenvalue weighted by molar-refractivity contribution is 6.08. The number of allylic oxidation sites excluding steroid dienone is 1. The molecule has 170 valence electrons. The van der Waals surface area contributed by atoms with E-state index in [1.807, 2.05) is 12.1 Å². The molecule has 1 atom stereocenters. The van der Waals surface area contributed by atoms with Crippen molar-refractivity contribution in [2.45, 2.75) is 5.92 Å². The molecular formula is C24H18N4O6. The van der Waals surface area contributed by atoms with Crippen molar-refractivity contribution < 1.29 is 29.0 Å². The summed E-state index contributed by atoms with van der Waals surface area (Å²) >= 11 is 0. The number of carboxylic acid groups (broad SMARTS) is 1. The predicted octanol–water partition coefficient (Wildman–Crippen LogP) is 2.15. The molecule has 10 heteroatoms. The second-order valence-corrected chi connectivity index (χ2v) is 6.98. The van der Waals surface area contributed by atoms with Gasteiger partial charge in [-0.3, -0.25) is 4.90 Å². The fourth-order valence-electron chi connectivity index (χ4n) is 3.73. The Kier molecular flexibility index (Phi) is 6.65. The van der Waals surface area contributed by atoms with Crippen LogP contribution < -0.4 is 10.6 Å². The van der Waals surface area contributed by atoms with Gasteiger partial charge < -0.3 is 20.3 Å². The molecule has 1 unspecified atom stereocenters. The summed E-state index contributed by atoms with van der Waals surface area (Å²) in [6.45, 7) is 0. The Bertz CT molecular complexity index is 1330. The number of carbonyl (C=O) groups excluding carboxylic acids is 2. The van der Waals surface area contributed by atoms with Crippen molar-refractivity contribution in [2.24, 2.45) is 5.73 Å². The van der Waals surface area contributed by atoms with Crippen LogP contribution in [0.4, 0.5) is 5.69 Å². The predicted molar refractivity (Wildman–Crippen MR) is 118 cm³/mol. The van der Waals surface area contributed by atoms with Gasteiger partial charge in [0.15, 0.2) is 0 Å². The summed E-state index contributed by atoms with van der Waals surface area (Å²) < 4.78 is 9.83.